The van der Waals surface area contributed by atoms with Crippen LogP contribution < -0.4 is 20.4 Å². The van der Waals surface area contributed by atoms with E-state index in [2.05, 4.69) is 5.32 Å². The first-order chi connectivity index (χ1) is 16.3. The molecule has 1 heterocycles. The van der Waals surface area contributed by atoms with E-state index in [1.165, 1.54) is 24.3 Å². The van der Waals surface area contributed by atoms with E-state index in [-0.39, 0.29) is 28.5 Å². The number of nitriles is 1. The number of fused-ring (bicyclic) bond motifs is 1. The van der Waals surface area contributed by atoms with Crippen molar-refractivity contribution in [1.82, 2.24) is 5.32 Å². The van der Waals surface area contributed by atoms with Gasteiger partial charge in [-0.15, -0.1) is 0 Å². The van der Waals surface area contributed by atoms with Crippen molar-refractivity contribution in [2.45, 2.75) is 33.2 Å². The minimum atomic E-state index is -0.858. The Labute approximate surface area is 196 Å². The lowest BCUT2D eigenvalue weighted by Crippen LogP contribution is -2.33. The van der Waals surface area contributed by atoms with Gasteiger partial charge in [0, 0.05) is 17.5 Å². The molecule has 0 aliphatic heterocycles. The normalized spacial score (nSPS) is 11.2. The molecule has 0 spiro atoms. The van der Waals surface area contributed by atoms with Gasteiger partial charge in [0.1, 0.15) is 34.3 Å². The van der Waals surface area contributed by atoms with Gasteiger partial charge in [-0.05, 0) is 62.2 Å². The molecule has 3 rings (SSSR count). The van der Waals surface area contributed by atoms with E-state index < -0.39 is 17.5 Å². The van der Waals surface area contributed by atoms with Crippen molar-refractivity contribution < 1.29 is 23.5 Å². The Morgan fingerprint density at radius 2 is 1.82 bits per heavy atom. The molecule has 2 aromatic carbocycles. The number of ether oxygens (including phenoxy) is 2. The first-order valence-electron chi connectivity index (χ1n) is 10.8. The van der Waals surface area contributed by atoms with Crippen LogP contribution in [0.2, 0.25) is 0 Å². The Kier molecular flexibility index (Phi) is 7.83. The van der Waals surface area contributed by atoms with Crippen LogP contribution in [-0.2, 0) is 4.79 Å². The van der Waals surface area contributed by atoms with E-state index in [0.717, 1.165) is 6.42 Å². The summed E-state index contributed by atoms with van der Waals surface area (Å²) >= 11 is 0. The smallest absolute Gasteiger partial charge is 0.354 e. The van der Waals surface area contributed by atoms with Crippen molar-refractivity contribution in [2.75, 3.05) is 6.61 Å². The largest absolute Gasteiger partial charge is 0.494 e. The number of hydrogen-bond donors (Lipinski definition) is 1. The van der Waals surface area contributed by atoms with Crippen LogP contribution in [0.3, 0.4) is 0 Å². The molecule has 0 saturated heterocycles. The van der Waals surface area contributed by atoms with Crippen LogP contribution in [0.5, 0.6) is 11.5 Å². The Balaban J connectivity index is 1.78. The first kappa shape index (κ1) is 24.3. The number of amides is 1. The van der Waals surface area contributed by atoms with Crippen LogP contribution in [0.15, 0.2) is 63.3 Å². The number of carbonyl (C=O) groups excluding carboxylic acids is 2. The highest BCUT2D eigenvalue weighted by atomic mass is 16.5. The molecule has 0 fully saturated rings. The highest BCUT2D eigenvalue weighted by Gasteiger charge is 2.16. The number of carbonyl (C=O) groups is 2. The average molecular weight is 460 g/mol. The number of hydrogen-bond acceptors (Lipinski definition) is 7. The molecule has 0 saturated carbocycles. The maximum absolute atomic E-state index is 12.5. The summed E-state index contributed by atoms with van der Waals surface area (Å²) in [5.74, 6) is -0.606. The zero-order chi connectivity index (χ0) is 24.7. The second-order valence-electron chi connectivity index (χ2n) is 7.75. The summed E-state index contributed by atoms with van der Waals surface area (Å²) in [5, 5.41) is 12.5. The van der Waals surface area contributed by atoms with Crippen LogP contribution in [0.25, 0.3) is 17.0 Å². The molecule has 0 atom stereocenters. The van der Waals surface area contributed by atoms with Crippen molar-refractivity contribution in [3.8, 4) is 17.6 Å². The standard InChI is InChI=1S/C26H24N2O6/c1-4-11-32-20-8-5-17(6-9-20)12-19(15-27)25(30)33-21-10-7-18-13-22(24(29)28-16(2)3)26(31)34-23(18)14-21/h5-10,12-14,16H,4,11H2,1-3H3,(H,28,29)/b19-12+. The lowest BCUT2D eigenvalue weighted by molar-refractivity contribution is -0.129. The van der Waals surface area contributed by atoms with Gasteiger partial charge in [-0.1, -0.05) is 19.1 Å². The SMILES string of the molecule is CCCOc1ccc(/C=C(\C#N)C(=O)Oc2ccc3cc(C(=O)NC(C)C)c(=O)oc3c2)cc1. The molecule has 0 unspecified atom stereocenters. The van der Waals surface area contributed by atoms with E-state index in [9.17, 15) is 19.6 Å². The minimum absolute atomic E-state index is 0.0875. The Hall–Kier alpha value is -4.38. The highest BCUT2D eigenvalue weighted by molar-refractivity contribution is 6.00. The first-order valence-corrected chi connectivity index (χ1v) is 10.8. The van der Waals surface area contributed by atoms with Gasteiger partial charge >= 0.3 is 11.6 Å². The van der Waals surface area contributed by atoms with Crippen molar-refractivity contribution in [1.29, 1.82) is 5.26 Å². The molecule has 0 radical (unpaired) electrons. The molecule has 1 N–H and O–H groups in total. The van der Waals surface area contributed by atoms with Crippen molar-refractivity contribution in [2.24, 2.45) is 0 Å². The molecule has 0 aliphatic rings. The molecule has 8 heteroatoms. The lowest BCUT2D eigenvalue weighted by Gasteiger charge is -2.08. The third-order valence-corrected chi connectivity index (χ3v) is 4.59. The Morgan fingerprint density at radius 1 is 1.12 bits per heavy atom. The summed E-state index contributed by atoms with van der Waals surface area (Å²) in [6, 6.07) is 14.5. The highest BCUT2D eigenvalue weighted by Crippen LogP contribution is 2.22. The fraction of sp³-hybridized carbons (Fsp3) is 0.231. The van der Waals surface area contributed by atoms with E-state index in [1.807, 2.05) is 13.0 Å². The van der Waals surface area contributed by atoms with Crippen LogP contribution in [0.1, 0.15) is 43.1 Å². The van der Waals surface area contributed by atoms with E-state index >= 15 is 0 Å². The minimum Gasteiger partial charge on any atom is -0.494 e. The van der Waals surface area contributed by atoms with Crippen LogP contribution in [-0.4, -0.2) is 24.5 Å². The zero-order valence-electron chi connectivity index (χ0n) is 19.1. The topological polar surface area (TPSA) is 119 Å². The molecule has 1 amide bonds. The molecule has 3 aromatic rings. The third kappa shape index (κ3) is 6.11. The van der Waals surface area contributed by atoms with Gasteiger partial charge in [-0.2, -0.15) is 5.26 Å². The summed E-state index contributed by atoms with van der Waals surface area (Å²) < 4.78 is 16.1. The lowest BCUT2D eigenvalue weighted by atomic mass is 10.1. The van der Waals surface area contributed by atoms with Gasteiger partial charge in [0.15, 0.2) is 0 Å². The summed E-state index contributed by atoms with van der Waals surface area (Å²) in [5.41, 5.74) is -0.357. The fourth-order valence-corrected chi connectivity index (χ4v) is 3.00. The molecular formula is C26H24N2O6. The van der Waals surface area contributed by atoms with Crippen LogP contribution >= 0.6 is 0 Å². The van der Waals surface area contributed by atoms with Gasteiger partial charge in [0.05, 0.1) is 6.61 Å². The van der Waals surface area contributed by atoms with Crippen LogP contribution in [0, 0.1) is 11.3 Å². The molecule has 174 valence electrons. The van der Waals surface area contributed by atoms with Crippen molar-refractivity contribution >= 4 is 28.9 Å². The number of rotatable bonds is 8. The van der Waals surface area contributed by atoms with Gasteiger partial charge in [0.25, 0.3) is 5.91 Å². The summed E-state index contributed by atoms with van der Waals surface area (Å²) in [4.78, 5) is 36.9. The molecule has 0 bridgehead atoms. The summed E-state index contributed by atoms with van der Waals surface area (Å²) in [7, 11) is 0. The van der Waals surface area contributed by atoms with Gasteiger partial charge < -0.3 is 19.2 Å². The van der Waals surface area contributed by atoms with Crippen molar-refractivity contribution in [3.05, 3.63) is 75.7 Å². The molecule has 0 aliphatic carbocycles. The van der Waals surface area contributed by atoms with E-state index in [0.29, 0.717) is 23.3 Å². The predicted octanol–water partition coefficient (Wildman–Crippen LogP) is 4.23. The number of nitrogens with zero attached hydrogens (tertiary/aromatic N) is 1. The molecule has 1 aromatic heterocycles. The van der Waals surface area contributed by atoms with Gasteiger partial charge in [-0.3, -0.25) is 4.79 Å². The maximum Gasteiger partial charge on any atom is 0.354 e. The maximum atomic E-state index is 12.5. The molecule has 34 heavy (non-hydrogen) atoms. The van der Waals surface area contributed by atoms with Crippen molar-refractivity contribution in [3.63, 3.8) is 0 Å². The Morgan fingerprint density at radius 3 is 2.47 bits per heavy atom. The summed E-state index contributed by atoms with van der Waals surface area (Å²) in [6.07, 6.45) is 2.30. The zero-order valence-corrected chi connectivity index (χ0v) is 19.1. The number of benzene rings is 2. The number of esters is 1. The second kappa shape index (κ2) is 11.0. The average Bonchev–Trinajstić information content (AvgIpc) is 2.80. The quantitative estimate of drug-likeness (QED) is 0.176. The molecular weight excluding hydrogens is 436 g/mol. The third-order valence-electron chi connectivity index (χ3n) is 4.59. The Bertz CT molecular complexity index is 1330. The molecule has 8 nitrogen and oxygen atoms in total. The van der Waals surface area contributed by atoms with Gasteiger partial charge in [-0.25, -0.2) is 9.59 Å². The number of nitrogens with one attached hydrogen (secondary N) is 1. The predicted molar refractivity (Wildman–Crippen MR) is 127 cm³/mol. The summed E-state index contributed by atoms with van der Waals surface area (Å²) in [6.45, 7) is 6.17. The van der Waals surface area contributed by atoms with Gasteiger partial charge in [0.2, 0.25) is 0 Å². The van der Waals surface area contributed by atoms with E-state index in [1.54, 1.807) is 44.2 Å². The monoisotopic (exact) mass is 460 g/mol. The second-order valence-corrected chi connectivity index (χ2v) is 7.75. The van der Waals surface area contributed by atoms with E-state index in [4.69, 9.17) is 13.9 Å². The fourth-order valence-electron chi connectivity index (χ4n) is 3.00. The van der Waals surface area contributed by atoms with Crippen LogP contribution in [0.4, 0.5) is 0 Å².